The van der Waals surface area contributed by atoms with E-state index in [1.807, 2.05) is 35.9 Å². The number of aromatic nitrogens is 2. The SMILES string of the molecule is C=CCNC(=NCc1c(C)nn(-c2ccccc2)c1C)NCC. The zero-order chi connectivity index (χ0) is 16.7. The second kappa shape index (κ2) is 8.17. The number of nitrogens with one attached hydrogen (secondary N) is 2. The van der Waals surface area contributed by atoms with Crippen LogP contribution in [0.25, 0.3) is 5.69 Å². The van der Waals surface area contributed by atoms with Crippen LogP contribution in [0.3, 0.4) is 0 Å². The third kappa shape index (κ3) is 4.22. The lowest BCUT2D eigenvalue weighted by Crippen LogP contribution is -2.37. The highest BCUT2D eigenvalue weighted by Crippen LogP contribution is 2.18. The fourth-order valence-electron chi connectivity index (χ4n) is 2.39. The number of aliphatic imine (C=N–C) groups is 1. The number of benzene rings is 1. The molecule has 122 valence electrons. The first kappa shape index (κ1) is 16.8. The lowest BCUT2D eigenvalue weighted by molar-refractivity contribution is 0.831. The average Bonchev–Trinajstić information content (AvgIpc) is 2.85. The fraction of sp³-hybridized carbons (Fsp3) is 0.333. The Labute approximate surface area is 138 Å². The number of guanidine groups is 1. The van der Waals surface area contributed by atoms with Crippen LogP contribution in [0.2, 0.25) is 0 Å². The molecule has 0 aliphatic carbocycles. The van der Waals surface area contributed by atoms with Crippen LogP contribution in [0.5, 0.6) is 0 Å². The quantitative estimate of drug-likeness (QED) is 0.490. The molecule has 0 atom stereocenters. The highest BCUT2D eigenvalue weighted by Gasteiger charge is 2.12. The Kier molecular flexibility index (Phi) is 5.97. The minimum absolute atomic E-state index is 0.594. The minimum Gasteiger partial charge on any atom is -0.357 e. The number of rotatable bonds is 6. The van der Waals surface area contributed by atoms with Crippen LogP contribution in [0.4, 0.5) is 0 Å². The van der Waals surface area contributed by atoms with E-state index in [1.165, 1.54) is 0 Å². The molecule has 0 aliphatic heterocycles. The van der Waals surface area contributed by atoms with Crippen molar-refractivity contribution in [2.24, 2.45) is 4.99 Å². The number of nitrogens with zero attached hydrogens (tertiary/aromatic N) is 3. The summed E-state index contributed by atoms with van der Waals surface area (Å²) in [5.74, 6) is 0.790. The van der Waals surface area contributed by atoms with E-state index in [4.69, 9.17) is 0 Å². The van der Waals surface area contributed by atoms with E-state index >= 15 is 0 Å². The summed E-state index contributed by atoms with van der Waals surface area (Å²) in [7, 11) is 0. The minimum atomic E-state index is 0.594. The molecule has 0 spiro atoms. The molecule has 0 saturated carbocycles. The van der Waals surface area contributed by atoms with Gasteiger partial charge in [-0.05, 0) is 32.9 Å². The summed E-state index contributed by atoms with van der Waals surface area (Å²) in [6.07, 6.45) is 1.82. The molecule has 0 fully saturated rings. The normalized spacial score (nSPS) is 11.3. The van der Waals surface area contributed by atoms with Gasteiger partial charge in [-0.3, -0.25) is 0 Å². The van der Waals surface area contributed by atoms with Crippen LogP contribution < -0.4 is 10.6 Å². The smallest absolute Gasteiger partial charge is 0.191 e. The lowest BCUT2D eigenvalue weighted by Gasteiger charge is -2.09. The van der Waals surface area contributed by atoms with Crippen molar-refractivity contribution < 1.29 is 0 Å². The number of hydrogen-bond acceptors (Lipinski definition) is 2. The summed E-state index contributed by atoms with van der Waals surface area (Å²) in [5.41, 5.74) is 4.36. The van der Waals surface area contributed by atoms with Gasteiger partial charge in [-0.1, -0.05) is 24.3 Å². The van der Waals surface area contributed by atoms with E-state index in [0.717, 1.165) is 35.1 Å². The van der Waals surface area contributed by atoms with Crippen molar-refractivity contribution in [1.82, 2.24) is 20.4 Å². The second-order valence-corrected chi connectivity index (χ2v) is 5.26. The third-order valence-corrected chi connectivity index (χ3v) is 3.60. The highest BCUT2D eigenvalue weighted by atomic mass is 15.3. The molecule has 0 bridgehead atoms. The average molecular weight is 311 g/mol. The summed E-state index contributed by atoms with van der Waals surface area (Å²) in [6, 6.07) is 10.2. The zero-order valence-electron chi connectivity index (χ0n) is 14.1. The first-order valence-corrected chi connectivity index (χ1v) is 7.91. The summed E-state index contributed by atoms with van der Waals surface area (Å²) >= 11 is 0. The standard InChI is InChI=1S/C18H25N5/c1-5-12-20-18(19-6-2)21-13-17-14(3)22-23(15(17)4)16-10-8-7-9-11-16/h5,7-11H,1,6,12-13H2,2-4H3,(H2,19,20,21). The van der Waals surface area contributed by atoms with E-state index in [-0.39, 0.29) is 0 Å². The van der Waals surface area contributed by atoms with Crippen molar-refractivity contribution in [1.29, 1.82) is 0 Å². The number of aryl methyl sites for hydroxylation is 1. The van der Waals surface area contributed by atoms with Crippen molar-refractivity contribution in [2.75, 3.05) is 13.1 Å². The van der Waals surface area contributed by atoms with E-state index in [9.17, 15) is 0 Å². The molecule has 23 heavy (non-hydrogen) atoms. The number of hydrogen-bond donors (Lipinski definition) is 2. The van der Waals surface area contributed by atoms with Crippen molar-refractivity contribution in [3.05, 3.63) is 59.9 Å². The van der Waals surface area contributed by atoms with Gasteiger partial charge in [0.2, 0.25) is 0 Å². The van der Waals surface area contributed by atoms with E-state index in [2.05, 4.69) is 53.3 Å². The molecular weight excluding hydrogens is 286 g/mol. The molecule has 0 saturated heterocycles. The first-order chi connectivity index (χ1) is 11.2. The number of para-hydroxylation sites is 1. The molecular formula is C18H25N5. The summed E-state index contributed by atoms with van der Waals surface area (Å²) in [6.45, 7) is 12.0. The molecule has 0 aliphatic rings. The molecule has 2 N–H and O–H groups in total. The van der Waals surface area contributed by atoms with Gasteiger partial charge in [-0.15, -0.1) is 6.58 Å². The maximum Gasteiger partial charge on any atom is 0.191 e. The maximum absolute atomic E-state index is 4.66. The largest absolute Gasteiger partial charge is 0.357 e. The van der Waals surface area contributed by atoms with Gasteiger partial charge in [0.15, 0.2) is 5.96 Å². The Morgan fingerprint density at radius 2 is 2.00 bits per heavy atom. The van der Waals surface area contributed by atoms with Crippen LogP contribution in [-0.4, -0.2) is 28.8 Å². The molecule has 1 aromatic carbocycles. The monoisotopic (exact) mass is 311 g/mol. The summed E-state index contributed by atoms with van der Waals surface area (Å²) < 4.78 is 1.98. The van der Waals surface area contributed by atoms with Gasteiger partial charge in [0, 0.05) is 24.3 Å². The maximum atomic E-state index is 4.66. The summed E-state index contributed by atoms with van der Waals surface area (Å²) in [4.78, 5) is 4.64. The van der Waals surface area contributed by atoms with E-state index < -0.39 is 0 Å². The van der Waals surface area contributed by atoms with Gasteiger partial charge in [0.05, 0.1) is 17.9 Å². The van der Waals surface area contributed by atoms with E-state index in [1.54, 1.807) is 0 Å². The summed E-state index contributed by atoms with van der Waals surface area (Å²) in [5, 5.41) is 11.1. The molecule has 0 unspecified atom stereocenters. The van der Waals surface area contributed by atoms with Gasteiger partial charge in [0.1, 0.15) is 0 Å². The van der Waals surface area contributed by atoms with Gasteiger partial charge in [-0.2, -0.15) is 5.10 Å². The Balaban J connectivity index is 2.23. The highest BCUT2D eigenvalue weighted by molar-refractivity contribution is 5.79. The molecule has 1 aromatic heterocycles. The van der Waals surface area contributed by atoms with Crippen LogP contribution in [0.15, 0.2) is 48.0 Å². The fourth-order valence-corrected chi connectivity index (χ4v) is 2.39. The molecule has 2 rings (SSSR count). The lowest BCUT2D eigenvalue weighted by atomic mass is 10.2. The Morgan fingerprint density at radius 3 is 2.65 bits per heavy atom. The van der Waals surface area contributed by atoms with Crippen molar-refractivity contribution in [2.45, 2.75) is 27.3 Å². The molecule has 2 aromatic rings. The van der Waals surface area contributed by atoms with Crippen molar-refractivity contribution in [3.8, 4) is 5.69 Å². The zero-order valence-corrected chi connectivity index (χ0v) is 14.1. The molecule has 0 amide bonds. The Morgan fingerprint density at radius 1 is 1.26 bits per heavy atom. The predicted octanol–water partition coefficient (Wildman–Crippen LogP) is 2.73. The third-order valence-electron chi connectivity index (χ3n) is 3.60. The van der Waals surface area contributed by atoms with Crippen LogP contribution in [0, 0.1) is 13.8 Å². The van der Waals surface area contributed by atoms with Gasteiger partial charge >= 0.3 is 0 Å². The van der Waals surface area contributed by atoms with Gasteiger partial charge < -0.3 is 10.6 Å². The predicted molar refractivity (Wildman–Crippen MR) is 96.1 cm³/mol. The topological polar surface area (TPSA) is 54.2 Å². The van der Waals surface area contributed by atoms with Gasteiger partial charge in [0.25, 0.3) is 0 Å². The Hall–Kier alpha value is -2.56. The Bertz CT molecular complexity index is 670. The van der Waals surface area contributed by atoms with Gasteiger partial charge in [-0.25, -0.2) is 9.67 Å². The van der Waals surface area contributed by atoms with Crippen molar-refractivity contribution >= 4 is 5.96 Å². The van der Waals surface area contributed by atoms with E-state index in [0.29, 0.717) is 13.1 Å². The molecule has 0 radical (unpaired) electrons. The van der Waals surface area contributed by atoms with Crippen LogP contribution >= 0.6 is 0 Å². The molecule has 5 heteroatoms. The molecule has 1 heterocycles. The van der Waals surface area contributed by atoms with Crippen LogP contribution in [0.1, 0.15) is 23.9 Å². The second-order valence-electron chi connectivity index (χ2n) is 5.26. The van der Waals surface area contributed by atoms with Crippen LogP contribution in [-0.2, 0) is 6.54 Å². The molecule has 5 nitrogen and oxygen atoms in total. The van der Waals surface area contributed by atoms with Crippen molar-refractivity contribution in [3.63, 3.8) is 0 Å². The first-order valence-electron chi connectivity index (χ1n) is 7.91.